The quantitative estimate of drug-likeness (QED) is 0.360. The molecule has 82 valence electrons. The fourth-order valence-corrected chi connectivity index (χ4v) is 2.13. The minimum Gasteiger partial charge on any atom is -0.361 e. The number of aryl methyl sites for hydroxylation is 1. The van der Waals surface area contributed by atoms with E-state index < -0.39 is 0 Å². The number of hydrogen-bond donors (Lipinski definition) is 1. The molecule has 0 fully saturated rings. The Morgan fingerprint density at radius 3 is 3.06 bits per heavy atom. The smallest absolute Gasteiger partial charge is 0.328 e. The van der Waals surface area contributed by atoms with Gasteiger partial charge in [-0.1, -0.05) is 11.3 Å². The van der Waals surface area contributed by atoms with E-state index in [1.165, 1.54) is 0 Å². The van der Waals surface area contributed by atoms with Crippen LogP contribution in [0.5, 0.6) is 0 Å². The van der Waals surface area contributed by atoms with Gasteiger partial charge in [0.15, 0.2) is 11.7 Å². The van der Waals surface area contributed by atoms with Gasteiger partial charge in [-0.15, -0.1) is 4.98 Å². The van der Waals surface area contributed by atoms with Crippen molar-refractivity contribution in [2.75, 3.05) is 0 Å². The van der Waals surface area contributed by atoms with Gasteiger partial charge in [0.05, 0.1) is 12.4 Å². The first-order valence-corrected chi connectivity index (χ1v) is 5.08. The summed E-state index contributed by atoms with van der Waals surface area (Å²) >= 11 is 0. The van der Waals surface area contributed by atoms with Gasteiger partial charge in [-0.25, -0.2) is 4.57 Å². The molecule has 0 bridgehead atoms. The van der Waals surface area contributed by atoms with E-state index in [-0.39, 0.29) is 0 Å². The molecule has 0 atom stereocenters. The SMILES string of the molecule is [C-]#[N+]c1cc2c3ccc[n+](O)c3n(C)c2cn1. The Kier molecular flexibility index (Phi) is 1.80. The molecule has 5 nitrogen and oxygen atoms in total. The molecule has 1 N–H and O–H groups in total. The first kappa shape index (κ1) is 9.60. The standard InChI is InChI=1S/C12H9N4O/c1-13-11-6-9-8-4-3-5-16(17)12(8)15(2)10(9)7-14-11/h3-7,17H,2H3/q+1. The van der Waals surface area contributed by atoms with E-state index in [9.17, 15) is 5.21 Å². The molecule has 3 aromatic rings. The van der Waals surface area contributed by atoms with Crippen LogP contribution in [0.2, 0.25) is 0 Å². The molecule has 0 radical (unpaired) electrons. The highest BCUT2D eigenvalue weighted by Gasteiger charge is 2.19. The van der Waals surface area contributed by atoms with E-state index in [2.05, 4.69) is 9.83 Å². The molecule has 17 heavy (non-hydrogen) atoms. The molecule has 0 aliphatic rings. The van der Waals surface area contributed by atoms with Crippen molar-refractivity contribution < 1.29 is 9.94 Å². The van der Waals surface area contributed by atoms with Crippen molar-refractivity contribution in [3.63, 3.8) is 0 Å². The lowest BCUT2D eigenvalue weighted by molar-refractivity contribution is -0.886. The second kappa shape index (κ2) is 3.19. The molecule has 3 heterocycles. The molecule has 3 aromatic heterocycles. The summed E-state index contributed by atoms with van der Waals surface area (Å²) in [6, 6.07) is 5.42. The van der Waals surface area contributed by atoms with Crippen LogP contribution in [0, 0.1) is 6.57 Å². The van der Waals surface area contributed by atoms with Gasteiger partial charge in [0.1, 0.15) is 6.20 Å². The van der Waals surface area contributed by atoms with Crippen molar-refractivity contribution in [3.8, 4) is 0 Å². The minimum absolute atomic E-state index is 0.360. The van der Waals surface area contributed by atoms with E-state index in [4.69, 9.17) is 6.57 Å². The van der Waals surface area contributed by atoms with Crippen molar-refractivity contribution in [1.82, 2.24) is 9.55 Å². The summed E-state index contributed by atoms with van der Waals surface area (Å²) in [5.41, 5.74) is 1.58. The molecule has 0 aromatic carbocycles. The van der Waals surface area contributed by atoms with Crippen LogP contribution >= 0.6 is 0 Å². The first-order chi connectivity index (χ1) is 8.22. The van der Waals surface area contributed by atoms with E-state index in [0.717, 1.165) is 21.0 Å². The van der Waals surface area contributed by atoms with Crippen LogP contribution in [-0.2, 0) is 7.05 Å². The van der Waals surface area contributed by atoms with Crippen LogP contribution in [0.1, 0.15) is 0 Å². The highest BCUT2D eigenvalue weighted by Crippen LogP contribution is 2.27. The van der Waals surface area contributed by atoms with Gasteiger partial charge in [0.2, 0.25) is 0 Å². The lowest BCUT2D eigenvalue weighted by Crippen LogP contribution is -2.31. The summed E-state index contributed by atoms with van der Waals surface area (Å²) in [4.78, 5) is 7.36. The zero-order chi connectivity index (χ0) is 12.0. The number of nitrogens with zero attached hydrogens (tertiary/aromatic N) is 4. The Hall–Kier alpha value is -2.61. The Balaban J connectivity index is 2.60. The van der Waals surface area contributed by atoms with E-state index in [1.807, 2.05) is 17.7 Å². The fraction of sp³-hybridized carbons (Fsp3) is 0.0833. The van der Waals surface area contributed by atoms with Crippen LogP contribution in [0.3, 0.4) is 0 Å². The normalized spacial score (nSPS) is 10.8. The molecular weight excluding hydrogens is 216 g/mol. The van der Waals surface area contributed by atoms with Gasteiger partial charge in [0.25, 0.3) is 5.82 Å². The third kappa shape index (κ3) is 1.18. The zero-order valence-electron chi connectivity index (χ0n) is 9.12. The fourth-order valence-electron chi connectivity index (χ4n) is 2.13. The van der Waals surface area contributed by atoms with Crippen molar-refractivity contribution in [1.29, 1.82) is 0 Å². The maximum atomic E-state index is 9.79. The van der Waals surface area contributed by atoms with Crippen LogP contribution in [0.15, 0.2) is 30.6 Å². The van der Waals surface area contributed by atoms with Gasteiger partial charge in [-0.05, 0) is 18.2 Å². The van der Waals surface area contributed by atoms with Crippen LogP contribution in [0.4, 0.5) is 5.82 Å². The van der Waals surface area contributed by atoms with Crippen LogP contribution in [0.25, 0.3) is 26.8 Å². The van der Waals surface area contributed by atoms with Crippen molar-refractivity contribution in [2.24, 2.45) is 7.05 Å². The average molecular weight is 225 g/mol. The predicted octanol–water partition coefficient (Wildman–Crippen LogP) is 1.80. The van der Waals surface area contributed by atoms with Gasteiger partial charge in [-0.2, -0.15) is 0 Å². The molecule has 0 amide bonds. The van der Waals surface area contributed by atoms with Crippen molar-refractivity contribution in [2.45, 2.75) is 0 Å². The molecule has 0 saturated heterocycles. The van der Waals surface area contributed by atoms with Crippen molar-refractivity contribution in [3.05, 3.63) is 42.0 Å². The summed E-state index contributed by atoms with van der Waals surface area (Å²) in [6.45, 7) is 6.98. The van der Waals surface area contributed by atoms with Gasteiger partial charge in [0, 0.05) is 5.39 Å². The summed E-state index contributed by atoms with van der Waals surface area (Å²) in [5.74, 6) is 0.360. The summed E-state index contributed by atoms with van der Waals surface area (Å²) in [6.07, 6.45) is 3.23. The Labute approximate surface area is 96.9 Å². The molecule has 0 unspecified atom stereocenters. The van der Waals surface area contributed by atoms with E-state index in [0.29, 0.717) is 11.5 Å². The maximum absolute atomic E-state index is 9.79. The summed E-state index contributed by atoms with van der Waals surface area (Å²) in [7, 11) is 1.86. The molecule has 0 aliphatic heterocycles. The van der Waals surface area contributed by atoms with Crippen molar-refractivity contribution >= 4 is 27.8 Å². The summed E-state index contributed by atoms with van der Waals surface area (Å²) in [5, 5.41) is 11.6. The lowest BCUT2D eigenvalue weighted by Gasteiger charge is -1.91. The zero-order valence-corrected chi connectivity index (χ0v) is 9.12. The second-order valence-electron chi connectivity index (χ2n) is 3.82. The number of hydrogen-bond acceptors (Lipinski definition) is 2. The number of fused-ring (bicyclic) bond motifs is 3. The molecular formula is C12H9N4O+. The average Bonchev–Trinajstić information content (AvgIpc) is 2.64. The first-order valence-electron chi connectivity index (χ1n) is 5.08. The molecule has 0 aliphatic carbocycles. The Bertz CT molecular complexity index is 782. The number of aromatic nitrogens is 3. The topological polar surface area (TPSA) is 46.3 Å². The molecule has 0 saturated carbocycles. The van der Waals surface area contributed by atoms with Gasteiger partial charge >= 0.3 is 5.65 Å². The monoisotopic (exact) mass is 225 g/mol. The second-order valence-corrected chi connectivity index (χ2v) is 3.82. The number of pyridine rings is 2. The van der Waals surface area contributed by atoms with Gasteiger partial charge < -0.3 is 10.1 Å². The molecule has 3 rings (SSSR count). The third-order valence-electron chi connectivity index (χ3n) is 2.90. The predicted molar refractivity (Wildman–Crippen MR) is 61.9 cm³/mol. The highest BCUT2D eigenvalue weighted by atomic mass is 16.5. The Morgan fingerprint density at radius 2 is 2.29 bits per heavy atom. The number of rotatable bonds is 0. The van der Waals surface area contributed by atoms with E-state index >= 15 is 0 Å². The minimum atomic E-state index is 0.360. The lowest BCUT2D eigenvalue weighted by atomic mass is 10.2. The third-order valence-corrected chi connectivity index (χ3v) is 2.90. The maximum Gasteiger partial charge on any atom is 0.328 e. The highest BCUT2D eigenvalue weighted by molar-refractivity contribution is 6.06. The van der Waals surface area contributed by atoms with E-state index in [1.54, 1.807) is 24.5 Å². The van der Waals surface area contributed by atoms with Gasteiger partial charge in [-0.3, -0.25) is 0 Å². The summed E-state index contributed by atoms with van der Waals surface area (Å²) < 4.78 is 2.93. The van der Waals surface area contributed by atoms with Crippen LogP contribution < -0.4 is 4.73 Å². The van der Waals surface area contributed by atoms with Crippen LogP contribution in [-0.4, -0.2) is 14.8 Å². The molecule has 5 heteroatoms. The Morgan fingerprint density at radius 1 is 1.47 bits per heavy atom. The largest absolute Gasteiger partial charge is 0.361 e. The molecule has 0 spiro atoms.